The van der Waals surface area contributed by atoms with Gasteiger partial charge < -0.3 is 15.0 Å². The van der Waals surface area contributed by atoms with E-state index in [0.717, 1.165) is 10.9 Å². The maximum Gasteiger partial charge on any atom is 0.313 e. The van der Waals surface area contributed by atoms with Crippen LogP contribution in [0.2, 0.25) is 5.02 Å². The fourth-order valence-electron chi connectivity index (χ4n) is 2.69. The molecule has 1 aromatic carbocycles. The molecule has 3 aromatic heterocycles. The Bertz CT molecular complexity index is 1170. The number of pyridine rings is 2. The second kappa shape index (κ2) is 7.05. The maximum absolute atomic E-state index is 12.1. The summed E-state index contributed by atoms with van der Waals surface area (Å²) in [7, 11) is 0. The molecular weight excluding hydrogens is 366 g/mol. The Hall–Kier alpha value is -3.45. The lowest BCUT2D eigenvalue weighted by Crippen LogP contribution is -2.35. The number of fused-ring (bicyclic) bond motifs is 2. The second-order valence-corrected chi connectivity index (χ2v) is 6.33. The number of benzene rings is 1. The van der Waals surface area contributed by atoms with Crippen LogP contribution in [0.4, 0.5) is 5.69 Å². The first-order valence-corrected chi connectivity index (χ1v) is 8.53. The average molecular weight is 380 g/mol. The number of hydrogen-bond acceptors (Lipinski definition) is 4. The van der Waals surface area contributed by atoms with Gasteiger partial charge in [0.05, 0.1) is 22.8 Å². The molecule has 134 valence electrons. The molecule has 4 aromatic rings. The van der Waals surface area contributed by atoms with Crippen molar-refractivity contribution in [3.05, 3.63) is 71.8 Å². The number of carbonyl (C=O) groups excluding carboxylic acids is 2. The molecule has 0 saturated heterocycles. The number of rotatable bonds is 3. The van der Waals surface area contributed by atoms with Gasteiger partial charge in [-0.05, 0) is 36.4 Å². The van der Waals surface area contributed by atoms with Crippen LogP contribution in [0, 0.1) is 0 Å². The van der Waals surface area contributed by atoms with Gasteiger partial charge in [-0.15, -0.1) is 0 Å². The van der Waals surface area contributed by atoms with Crippen LogP contribution in [0.25, 0.3) is 16.6 Å². The number of imidazole rings is 1. The topological polar surface area (TPSA) is 88.4 Å². The molecule has 2 N–H and O–H groups in total. The Balaban J connectivity index is 1.40. The number of nitrogens with zero attached hydrogens (tertiary/aromatic N) is 3. The van der Waals surface area contributed by atoms with Crippen LogP contribution < -0.4 is 10.6 Å². The SMILES string of the molecule is O=C(NCc1cn2cc(Cl)ccc2n1)C(=O)Nc1ccc2ncccc2c1. The first kappa shape index (κ1) is 17.0. The molecule has 0 fully saturated rings. The Morgan fingerprint density at radius 2 is 1.96 bits per heavy atom. The molecular formula is C19H14ClN5O2. The quantitative estimate of drug-likeness (QED) is 0.536. The molecule has 0 bridgehead atoms. The minimum absolute atomic E-state index is 0.132. The van der Waals surface area contributed by atoms with E-state index in [1.165, 1.54) is 0 Å². The monoisotopic (exact) mass is 379 g/mol. The van der Waals surface area contributed by atoms with Crippen molar-refractivity contribution in [2.24, 2.45) is 0 Å². The molecule has 0 aliphatic rings. The van der Waals surface area contributed by atoms with Crippen LogP contribution in [-0.4, -0.2) is 26.2 Å². The minimum atomic E-state index is -0.745. The number of amides is 2. The predicted molar refractivity (Wildman–Crippen MR) is 102 cm³/mol. The number of nitrogens with one attached hydrogen (secondary N) is 2. The van der Waals surface area contributed by atoms with Gasteiger partial charge in [0, 0.05) is 29.7 Å². The van der Waals surface area contributed by atoms with Gasteiger partial charge in [0.1, 0.15) is 5.65 Å². The lowest BCUT2D eigenvalue weighted by molar-refractivity contribution is -0.136. The molecule has 0 aliphatic carbocycles. The van der Waals surface area contributed by atoms with Gasteiger partial charge in [0.25, 0.3) is 0 Å². The molecule has 0 atom stereocenters. The lowest BCUT2D eigenvalue weighted by Gasteiger charge is -2.06. The maximum atomic E-state index is 12.1. The number of hydrogen-bond donors (Lipinski definition) is 2. The number of carbonyl (C=O) groups is 2. The fourth-order valence-corrected chi connectivity index (χ4v) is 2.86. The summed E-state index contributed by atoms with van der Waals surface area (Å²) < 4.78 is 1.76. The van der Waals surface area contributed by atoms with Gasteiger partial charge in [0.15, 0.2) is 0 Å². The van der Waals surface area contributed by atoms with Gasteiger partial charge in [-0.1, -0.05) is 17.7 Å². The van der Waals surface area contributed by atoms with E-state index in [-0.39, 0.29) is 6.54 Å². The molecule has 7 nitrogen and oxygen atoms in total. The molecule has 0 unspecified atom stereocenters. The Morgan fingerprint density at radius 1 is 1.07 bits per heavy atom. The van der Waals surface area contributed by atoms with Crippen molar-refractivity contribution in [2.75, 3.05) is 5.32 Å². The normalized spacial score (nSPS) is 10.9. The zero-order valence-corrected chi connectivity index (χ0v) is 14.8. The highest BCUT2D eigenvalue weighted by atomic mass is 35.5. The van der Waals surface area contributed by atoms with Gasteiger partial charge >= 0.3 is 11.8 Å². The van der Waals surface area contributed by atoms with Crippen molar-refractivity contribution in [1.82, 2.24) is 19.7 Å². The number of halogens is 1. The molecule has 0 radical (unpaired) electrons. The third-order valence-electron chi connectivity index (χ3n) is 3.96. The van der Waals surface area contributed by atoms with E-state index in [0.29, 0.717) is 22.1 Å². The molecule has 0 spiro atoms. The smallest absolute Gasteiger partial charge is 0.313 e. The molecule has 2 amide bonds. The van der Waals surface area contributed by atoms with E-state index < -0.39 is 11.8 Å². The van der Waals surface area contributed by atoms with Gasteiger partial charge in [-0.3, -0.25) is 14.6 Å². The van der Waals surface area contributed by atoms with Crippen molar-refractivity contribution in [3.8, 4) is 0 Å². The lowest BCUT2D eigenvalue weighted by atomic mass is 10.2. The van der Waals surface area contributed by atoms with E-state index >= 15 is 0 Å². The largest absolute Gasteiger partial charge is 0.342 e. The van der Waals surface area contributed by atoms with E-state index in [1.54, 1.807) is 53.3 Å². The number of aromatic nitrogens is 3. The van der Waals surface area contributed by atoms with Crippen molar-refractivity contribution in [2.45, 2.75) is 6.54 Å². The highest BCUT2D eigenvalue weighted by Crippen LogP contribution is 2.17. The van der Waals surface area contributed by atoms with E-state index in [9.17, 15) is 9.59 Å². The van der Waals surface area contributed by atoms with E-state index in [1.807, 2.05) is 12.1 Å². The summed E-state index contributed by atoms with van der Waals surface area (Å²) in [6.45, 7) is 0.132. The van der Waals surface area contributed by atoms with Crippen molar-refractivity contribution in [3.63, 3.8) is 0 Å². The Labute approximate surface area is 159 Å². The first-order valence-electron chi connectivity index (χ1n) is 8.15. The summed E-state index contributed by atoms with van der Waals surface area (Å²) in [5.74, 6) is -1.48. The van der Waals surface area contributed by atoms with E-state index in [4.69, 9.17) is 11.6 Å². The van der Waals surface area contributed by atoms with Crippen LogP contribution in [0.1, 0.15) is 5.69 Å². The highest BCUT2D eigenvalue weighted by molar-refractivity contribution is 6.39. The van der Waals surface area contributed by atoms with Crippen LogP contribution >= 0.6 is 11.6 Å². The molecule has 4 rings (SSSR count). The molecule has 3 heterocycles. The first-order chi connectivity index (χ1) is 13.1. The highest BCUT2D eigenvalue weighted by Gasteiger charge is 2.14. The van der Waals surface area contributed by atoms with Crippen LogP contribution in [0.15, 0.2) is 61.1 Å². The molecule has 0 aliphatic heterocycles. The van der Waals surface area contributed by atoms with Crippen molar-refractivity contribution < 1.29 is 9.59 Å². The van der Waals surface area contributed by atoms with Gasteiger partial charge in [-0.2, -0.15) is 0 Å². The summed E-state index contributed by atoms with van der Waals surface area (Å²) in [5, 5.41) is 6.60. The average Bonchev–Trinajstić information content (AvgIpc) is 3.08. The zero-order valence-electron chi connectivity index (χ0n) is 14.0. The predicted octanol–water partition coefficient (Wildman–Crippen LogP) is 2.79. The van der Waals surface area contributed by atoms with Gasteiger partial charge in [0.2, 0.25) is 0 Å². The summed E-state index contributed by atoms with van der Waals surface area (Å²) in [4.78, 5) is 32.7. The summed E-state index contributed by atoms with van der Waals surface area (Å²) in [6.07, 6.45) is 5.16. The Morgan fingerprint density at radius 3 is 2.85 bits per heavy atom. The standard InChI is InChI=1S/C19H14ClN5O2/c20-13-3-6-17-23-15(11-25(17)10-13)9-22-18(26)19(27)24-14-4-5-16-12(8-14)2-1-7-21-16/h1-8,10-11H,9H2,(H,22,26)(H,24,27). The summed E-state index contributed by atoms with van der Waals surface area (Å²) in [6, 6.07) is 12.4. The van der Waals surface area contributed by atoms with Crippen LogP contribution in [0.5, 0.6) is 0 Å². The molecule has 8 heteroatoms. The van der Waals surface area contributed by atoms with Crippen molar-refractivity contribution in [1.29, 1.82) is 0 Å². The van der Waals surface area contributed by atoms with E-state index in [2.05, 4.69) is 20.6 Å². The van der Waals surface area contributed by atoms with Crippen molar-refractivity contribution >= 4 is 45.7 Å². The van der Waals surface area contributed by atoms with Crippen LogP contribution in [0.3, 0.4) is 0 Å². The summed E-state index contributed by atoms with van der Waals surface area (Å²) in [5.41, 5.74) is 2.66. The third-order valence-corrected chi connectivity index (χ3v) is 4.19. The molecule has 27 heavy (non-hydrogen) atoms. The van der Waals surface area contributed by atoms with Gasteiger partial charge in [-0.25, -0.2) is 4.98 Å². The van der Waals surface area contributed by atoms with Crippen LogP contribution in [-0.2, 0) is 16.1 Å². The number of anilines is 1. The zero-order chi connectivity index (χ0) is 18.8. The Kier molecular flexibility index (Phi) is 4.43. The third kappa shape index (κ3) is 3.73. The second-order valence-electron chi connectivity index (χ2n) is 5.89. The molecule has 0 saturated carbocycles. The minimum Gasteiger partial charge on any atom is -0.342 e. The summed E-state index contributed by atoms with van der Waals surface area (Å²) >= 11 is 5.94. The fraction of sp³-hybridized carbons (Fsp3) is 0.0526.